The van der Waals surface area contributed by atoms with Gasteiger partial charge in [0, 0.05) is 10.5 Å². The molecule has 1 heterocycles. The first-order valence-corrected chi connectivity index (χ1v) is 8.42. The number of ether oxygens (including phenoxy) is 1. The molecular weight excluding hydrogens is 408 g/mol. The summed E-state index contributed by atoms with van der Waals surface area (Å²) in [7, 11) is 0. The molecule has 0 fully saturated rings. The van der Waals surface area contributed by atoms with Gasteiger partial charge in [0.25, 0.3) is 5.91 Å². The van der Waals surface area contributed by atoms with Crippen molar-refractivity contribution in [3.05, 3.63) is 70.3 Å². The van der Waals surface area contributed by atoms with E-state index in [4.69, 9.17) is 4.74 Å². The number of hydrogen-bond acceptors (Lipinski definition) is 3. The molecule has 5 nitrogen and oxygen atoms in total. The molecule has 0 unspecified atom stereocenters. The van der Waals surface area contributed by atoms with E-state index in [-0.39, 0.29) is 18.2 Å². The van der Waals surface area contributed by atoms with Gasteiger partial charge in [-0.05, 0) is 49.4 Å². The molecule has 1 amide bonds. The van der Waals surface area contributed by atoms with E-state index in [0.717, 1.165) is 0 Å². The second-order valence-corrected chi connectivity index (χ2v) is 6.39. The van der Waals surface area contributed by atoms with E-state index in [1.165, 1.54) is 28.9 Å². The standard InChI is InChI=1S/C18H14BrF2N3O2/c1-11-8-17(24(23-11)14-5-3-13(20)4-6-14)22-18(25)10-26-16-7-2-12(19)9-15(16)21/h2-9H,10H2,1H3,(H,22,25). The van der Waals surface area contributed by atoms with E-state index >= 15 is 0 Å². The Morgan fingerprint density at radius 3 is 2.62 bits per heavy atom. The highest BCUT2D eigenvalue weighted by Crippen LogP contribution is 2.22. The van der Waals surface area contributed by atoms with E-state index < -0.39 is 11.7 Å². The minimum absolute atomic E-state index is 0.0217. The molecule has 0 aliphatic rings. The average molecular weight is 422 g/mol. The van der Waals surface area contributed by atoms with Gasteiger partial charge in [-0.3, -0.25) is 4.79 Å². The van der Waals surface area contributed by atoms with Crippen LogP contribution in [-0.4, -0.2) is 22.3 Å². The zero-order valence-electron chi connectivity index (χ0n) is 13.7. The molecule has 0 bridgehead atoms. The Morgan fingerprint density at radius 2 is 1.92 bits per heavy atom. The van der Waals surface area contributed by atoms with Crippen molar-refractivity contribution in [2.45, 2.75) is 6.92 Å². The summed E-state index contributed by atoms with van der Waals surface area (Å²) in [5.41, 5.74) is 1.26. The van der Waals surface area contributed by atoms with Gasteiger partial charge in [0.15, 0.2) is 18.2 Å². The Morgan fingerprint density at radius 1 is 1.19 bits per heavy atom. The fourth-order valence-corrected chi connectivity index (χ4v) is 2.62. The van der Waals surface area contributed by atoms with Crippen molar-refractivity contribution >= 4 is 27.7 Å². The minimum atomic E-state index is -0.570. The lowest BCUT2D eigenvalue weighted by Crippen LogP contribution is -2.22. The van der Waals surface area contributed by atoms with Crippen molar-refractivity contribution < 1.29 is 18.3 Å². The molecule has 1 N–H and O–H groups in total. The van der Waals surface area contributed by atoms with E-state index in [9.17, 15) is 13.6 Å². The maximum atomic E-state index is 13.7. The van der Waals surface area contributed by atoms with Crippen molar-refractivity contribution in [2.75, 3.05) is 11.9 Å². The fourth-order valence-electron chi connectivity index (χ4n) is 2.28. The molecule has 134 valence electrons. The highest BCUT2D eigenvalue weighted by Gasteiger charge is 2.13. The first-order chi connectivity index (χ1) is 12.4. The lowest BCUT2D eigenvalue weighted by Gasteiger charge is -2.10. The topological polar surface area (TPSA) is 56.1 Å². The molecule has 3 aromatic rings. The smallest absolute Gasteiger partial charge is 0.263 e. The lowest BCUT2D eigenvalue weighted by molar-refractivity contribution is -0.118. The molecule has 0 atom stereocenters. The van der Waals surface area contributed by atoms with Crippen LogP contribution in [0.4, 0.5) is 14.6 Å². The van der Waals surface area contributed by atoms with Gasteiger partial charge in [0.2, 0.25) is 0 Å². The minimum Gasteiger partial charge on any atom is -0.481 e. The van der Waals surface area contributed by atoms with E-state index in [2.05, 4.69) is 26.3 Å². The number of aryl methyl sites for hydroxylation is 1. The lowest BCUT2D eigenvalue weighted by atomic mass is 10.3. The van der Waals surface area contributed by atoms with Crippen LogP contribution in [0.15, 0.2) is 53.0 Å². The normalized spacial score (nSPS) is 10.6. The van der Waals surface area contributed by atoms with Gasteiger partial charge in [-0.1, -0.05) is 15.9 Å². The molecule has 0 aliphatic carbocycles. The number of carbonyl (C=O) groups is 1. The number of nitrogens with zero attached hydrogens (tertiary/aromatic N) is 2. The second-order valence-electron chi connectivity index (χ2n) is 5.47. The summed E-state index contributed by atoms with van der Waals surface area (Å²) in [6.07, 6.45) is 0. The number of benzene rings is 2. The van der Waals surface area contributed by atoms with Gasteiger partial charge in [-0.2, -0.15) is 5.10 Å². The second kappa shape index (κ2) is 7.65. The van der Waals surface area contributed by atoms with Crippen LogP contribution in [0.25, 0.3) is 5.69 Å². The van der Waals surface area contributed by atoms with Crippen LogP contribution >= 0.6 is 15.9 Å². The van der Waals surface area contributed by atoms with Gasteiger partial charge in [-0.15, -0.1) is 0 Å². The predicted octanol–water partition coefficient (Wildman–Crippen LogP) is 4.24. The summed E-state index contributed by atoms with van der Waals surface area (Å²) in [5, 5.41) is 6.94. The average Bonchev–Trinajstić information content (AvgIpc) is 2.95. The maximum Gasteiger partial charge on any atom is 0.263 e. The number of anilines is 1. The van der Waals surface area contributed by atoms with Gasteiger partial charge in [-0.25, -0.2) is 13.5 Å². The number of rotatable bonds is 5. The third-order valence-electron chi connectivity index (χ3n) is 3.42. The molecular formula is C18H14BrF2N3O2. The Balaban J connectivity index is 1.70. The third-order valence-corrected chi connectivity index (χ3v) is 3.92. The SMILES string of the molecule is Cc1cc(NC(=O)COc2ccc(Br)cc2F)n(-c2ccc(F)cc2)n1. The van der Waals surface area contributed by atoms with Gasteiger partial charge >= 0.3 is 0 Å². The van der Waals surface area contributed by atoms with Crippen LogP contribution < -0.4 is 10.1 Å². The molecule has 0 radical (unpaired) electrons. The van der Waals surface area contributed by atoms with Gasteiger partial charge < -0.3 is 10.1 Å². The van der Waals surface area contributed by atoms with E-state index in [1.807, 2.05) is 0 Å². The van der Waals surface area contributed by atoms with E-state index in [0.29, 0.717) is 21.7 Å². The molecule has 26 heavy (non-hydrogen) atoms. The largest absolute Gasteiger partial charge is 0.481 e. The van der Waals surface area contributed by atoms with Crippen LogP contribution in [0.5, 0.6) is 5.75 Å². The number of halogens is 3. The Bertz CT molecular complexity index is 942. The first kappa shape index (κ1) is 18.1. The molecule has 8 heteroatoms. The Hall–Kier alpha value is -2.74. The summed E-state index contributed by atoms with van der Waals surface area (Å²) < 4.78 is 34.1. The van der Waals surface area contributed by atoms with Crippen molar-refractivity contribution in [1.29, 1.82) is 0 Å². The summed E-state index contributed by atoms with van der Waals surface area (Å²) in [6, 6.07) is 11.7. The summed E-state index contributed by atoms with van der Waals surface area (Å²) in [5.74, 6) is -1.03. The van der Waals surface area contributed by atoms with Crippen LogP contribution in [0, 0.1) is 18.6 Å². The molecule has 1 aromatic heterocycles. The number of carbonyl (C=O) groups excluding carboxylic acids is 1. The predicted molar refractivity (Wildman–Crippen MR) is 96.5 cm³/mol. The quantitative estimate of drug-likeness (QED) is 0.670. The number of hydrogen-bond donors (Lipinski definition) is 1. The Labute approximate surface area is 156 Å². The van der Waals surface area contributed by atoms with Crippen LogP contribution in [-0.2, 0) is 4.79 Å². The molecule has 0 saturated heterocycles. The van der Waals surface area contributed by atoms with Crippen molar-refractivity contribution in [3.63, 3.8) is 0 Å². The number of aromatic nitrogens is 2. The molecule has 0 spiro atoms. The van der Waals surface area contributed by atoms with Crippen LogP contribution in [0.1, 0.15) is 5.69 Å². The Kier molecular flexibility index (Phi) is 5.32. The monoisotopic (exact) mass is 421 g/mol. The van der Waals surface area contributed by atoms with Crippen molar-refractivity contribution in [2.24, 2.45) is 0 Å². The first-order valence-electron chi connectivity index (χ1n) is 7.62. The third kappa shape index (κ3) is 4.26. The molecule has 3 rings (SSSR count). The summed E-state index contributed by atoms with van der Waals surface area (Å²) >= 11 is 3.15. The summed E-state index contributed by atoms with van der Waals surface area (Å²) in [4.78, 5) is 12.1. The van der Waals surface area contributed by atoms with Crippen LogP contribution in [0.2, 0.25) is 0 Å². The van der Waals surface area contributed by atoms with Crippen LogP contribution in [0.3, 0.4) is 0 Å². The zero-order valence-corrected chi connectivity index (χ0v) is 15.3. The maximum absolute atomic E-state index is 13.7. The van der Waals surface area contributed by atoms with E-state index in [1.54, 1.807) is 31.2 Å². The van der Waals surface area contributed by atoms with Gasteiger partial charge in [0.05, 0.1) is 11.4 Å². The summed E-state index contributed by atoms with van der Waals surface area (Å²) in [6.45, 7) is 1.40. The molecule has 0 saturated carbocycles. The number of amides is 1. The van der Waals surface area contributed by atoms with Crippen molar-refractivity contribution in [3.8, 4) is 11.4 Å². The molecule has 2 aromatic carbocycles. The highest BCUT2D eigenvalue weighted by molar-refractivity contribution is 9.10. The van der Waals surface area contributed by atoms with Gasteiger partial charge in [0.1, 0.15) is 11.6 Å². The highest BCUT2D eigenvalue weighted by atomic mass is 79.9. The number of nitrogens with one attached hydrogen (secondary N) is 1. The fraction of sp³-hybridized carbons (Fsp3) is 0.111. The van der Waals surface area contributed by atoms with Crippen molar-refractivity contribution in [1.82, 2.24) is 9.78 Å². The zero-order chi connectivity index (χ0) is 18.7. The molecule has 0 aliphatic heterocycles.